The highest BCUT2D eigenvalue weighted by atomic mass is 16.6. The van der Waals surface area contributed by atoms with E-state index >= 15 is 0 Å². The number of aliphatic hydroxyl groups is 1. The molecule has 2 heterocycles. The third kappa shape index (κ3) is 7.14. The molecule has 0 radical (unpaired) electrons. The maximum absolute atomic E-state index is 12.7. The van der Waals surface area contributed by atoms with E-state index in [1.807, 2.05) is 51.1 Å². The third-order valence-corrected chi connectivity index (χ3v) is 7.86. The normalized spacial score (nSPS) is 26.1. The molecule has 8 heteroatoms. The molecule has 5 atom stereocenters. The molecular formula is C28H40O8. The van der Waals surface area contributed by atoms with Gasteiger partial charge in [-0.1, -0.05) is 37.3 Å². The number of hydrogen-bond acceptors (Lipinski definition) is 7. The number of aliphatic carboxylic acids is 1. The van der Waals surface area contributed by atoms with Gasteiger partial charge in [0.15, 0.2) is 0 Å². The number of aliphatic hydroxyl groups excluding tert-OH is 1. The summed E-state index contributed by atoms with van der Waals surface area (Å²) < 4.78 is 18.3. The van der Waals surface area contributed by atoms with Gasteiger partial charge in [0.1, 0.15) is 5.78 Å². The Bertz CT molecular complexity index is 898. The third-order valence-electron chi connectivity index (χ3n) is 7.86. The number of carbonyl (C=O) groups is 3. The summed E-state index contributed by atoms with van der Waals surface area (Å²) in [6.07, 6.45) is 1.01. The topological polar surface area (TPSA) is 119 Å². The summed E-state index contributed by atoms with van der Waals surface area (Å²) in [5.41, 5.74) is -0.106. The molecule has 0 aliphatic carbocycles. The lowest BCUT2D eigenvalue weighted by Crippen LogP contribution is -2.43. The van der Waals surface area contributed by atoms with E-state index in [-0.39, 0.29) is 49.1 Å². The van der Waals surface area contributed by atoms with Crippen molar-refractivity contribution in [2.75, 3.05) is 13.2 Å². The highest BCUT2D eigenvalue weighted by Crippen LogP contribution is 2.54. The van der Waals surface area contributed by atoms with Crippen LogP contribution in [0.1, 0.15) is 71.3 Å². The van der Waals surface area contributed by atoms with Crippen LogP contribution >= 0.6 is 0 Å². The Kier molecular flexibility index (Phi) is 9.66. The van der Waals surface area contributed by atoms with E-state index < -0.39 is 29.5 Å². The lowest BCUT2D eigenvalue weighted by atomic mass is 9.70. The van der Waals surface area contributed by atoms with Crippen molar-refractivity contribution in [3.05, 3.63) is 35.9 Å². The summed E-state index contributed by atoms with van der Waals surface area (Å²) in [6, 6.07) is 9.92. The van der Waals surface area contributed by atoms with E-state index in [2.05, 4.69) is 0 Å². The maximum Gasteiger partial charge on any atom is 0.311 e. The standard InChI is InChI=1S/C28H40O8/c1-4-27(2,3)26(33)35-18-23-22(17-34-16-19-8-6-5-7-9-19)24-11-13-28(23,36-24)12-10-20(29)14-21(30)15-25(31)32/h5-9,21-24,30H,4,10-18H2,1-3H3,(H,31,32)/t21?,22-,23+,24+,28+/m0/s1. The van der Waals surface area contributed by atoms with Gasteiger partial charge in [0.05, 0.1) is 49.5 Å². The fourth-order valence-electron chi connectivity index (χ4n) is 5.28. The molecule has 0 aromatic heterocycles. The SMILES string of the molecule is CCC(C)(C)C(=O)OC[C@@H]1[C@H](COCc2ccccc2)[C@H]2CC[C@@]1(CCC(=O)CC(O)CC(=O)O)O2. The zero-order valence-electron chi connectivity index (χ0n) is 21.6. The first-order valence-corrected chi connectivity index (χ1v) is 12.9. The zero-order chi connectivity index (χ0) is 26.3. The van der Waals surface area contributed by atoms with Crippen molar-refractivity contribution >= 4 is 17.7 Å². The van der Waals surface area contributed by atoms with Crippen LogP contribution in [0.25, 0.3) is 0 Å². The largest absolute Gasteiger partial charge is 0.481 e. The lowest BCUT2D eigenvalue weighted by Gasteiger charge is -2.36. The number of ether oxygens (including phenoxy) is 3. The average molecular weight is 505 g/mol. The minimum absolute atomic E-state index is 0.0311. The smallest absolute Gasteiger partial charge is 0.311 e. The van der Waals surface area contributed by atoms with Gasteiger partial charge in [-0.3, -0.25) is 14.4 Å². The zero-order valence-corrected chi connectivity index (χ0v) is 21.6. The molecule has 2 aliphatic rings. The van der Waals surface area contributed by atoms with E-state index in [0.29, 0.717) is 26.1 Å². The van der Waals surface area contributed by atoms with Crippen molar-refractivity contribution in [3.63, 3.8) is 0 Å². The van der Waals surface area contributed by atoms with Crippen LogP contribution in [0.5, 0.6) is 0 Å². The Morgan fingerprint density at radius 1 is 1.17 bits per heavy atom. The second kappa shape index (κ2) is 12.3. The van der Waals surface area contributed by atoms with Gasteiger partial charge < -0.3 is 24.4 Å². The molecule has 0 spiro atoms. The fraction of sp³-hybridized carbons (Fsp3) is 0.679. The average Bonchev–Trinajstić information content (AvgIpc) is 3.38. The Morgan fingerprint density at radius 2 is 1.89 bits per heavy atom. The first-order chi connectivity index (χ1) is 17.1. The number of hydrogen-bond donors (Lipinski definition) is 2. The summed E-state index contributed by atoms with van der Waals surface area (Å²) in [4.78, 5) is 36.0. The van der Waals surface area contributed by atoms with E-state index in [0.717, 1.165) is 18.4 Å². The number of carboxylic acids is 1. The molecule has 1 aromatic rings. The molecule has 0 saturated carbocycles. The molecule has 2 saturated heterocycles. The molecule has 2 aliphatic heterocycles. The van der Waals surface area contributed by atoms with Crippen LogP contribution in [0.3, 0.4) is 0 Å². The molecule has 3 rings (SSSR count). The van der Waals surface area contributed by atoms with Gasteiger partial charge in [0.2, 0.25) is 0 Å². The highest BCUT2D eigenvalue weighted by Gasteiger charge is 2.59. The summed E-state index contributed by atoms with van der Waals surface area (Å²) in [5.74, 6) is -1.66. The molecule has 2 bridgehead atoms. The predicted octanol–water partition coefficient (Wildman–Crippen LogP) is 3.92. The molecule has 0 amide bonds. The van der Waals surface area contributed by atoms with Crippen LogP contribution < -0.4 is 0 Å². The fourth-order valence-corrected chi connectivity index (χ4v) is 5.28. The van der Waals surface area contributed by atoms with Crippen LogP contribution in [0, 0.1) is 17.3 Å². The van der Waals surface area contributed by atoms with Crippen molar-refractivity contribution in [1.82, 2.24) is 0 Å². The second-order valence-electron chi connectivity index (χ2n) is 10.9. The number of benzene rings is 1. The Labute approximate surface area is 213 Å². The number of carboxylic acid groups (broad SMARTS) is 1. The van der Waals surface area contributed by atoms with Gasteiger partial charge in [-0.05, 0) is 45.1 Å². The van der Waals surface area contributed by atoms with Crippen molar-refractivity contribution in [2.45, 2.75) is 90.1 Å². The van der Waals surface area contributed by atoms with Gasteiger partial charge in [-0.25, -0.2) is 0 Å². The second-order valence-corrected chi connectivity index (χ2v) is 10.9. The minimum atomic E-state index is -1.19. The predicted molar refractivity (Wildman–Crippen MR) is 132 cm³/mol. The van der Waals surface area contributed by atoms with Crippen molar-refractivity contribution in [3.8, 4) is 0 Å². The van der Waals surface area contributed by atoms with E-state index in [1.54, 1.807) is 0 Å². The molecule has 36 heavy (non-hydrogen) atoms. The number of ketones is 1. The quantitative estimate of drug-likeness (QED) is 0.345. The Morgan fingerprint density at radius 3 is 2.56 bits per heavy atom. The van der Waals surface area contributed by atoms with Crippen LogP contribution in [0.4, 0.5) is 0 Å². The molecule has 2 N–H and O–H groups in total. The van der Waals surface area contributed by atoms with Gasteiger partial charge in [0.25, 0.3) is 0 Å². The molecule has 1 unspecified atom stereocenters. The first kappa shape index (κ1) is 28.3. The van der Waals surface area contributed by atoms with Crippen molar-refractivity contribution < 1.29 is 38.8 Å². The first-order valence-electron chi connectivity index (χ1n) is 12.9. The van der Waals surface area contributed by atoms with E-state index in [9.17, 15) is 19.5 Å². The highest BCUT2D eigenvalue weighted by molar-refractivity contribution is 5.80. The number of fused-ring (bicyclic) bond motifs is 2. The van der Waals surface area contributed by atoms with Gasteiger partial charge >= 0.3 is 11.9 Å². The van der Waals surface area contributed by atoms with Crippen molar-refractivity contribution in [1.29, 1.82) is 0 Å². The number of Topliss-reactive ketones (excluding diaryl/α,β-unsaturated/α-hetero) is 1. The molecular weight excluding hydrogens is 464 g/mol. The van der Waals surface area contributed by atoms with Crippen LogP contribution in [0.2, 0.25) is 0 Å². The van der Waals surface area contributed by atoms with Crippen molar-refractivity contribution in [2.24, 2.45) is 17.3 Å². The van der Waals surface area contributed by atoms with Gasteiger partial charge in [-0.2, -0.15) is 0 Å². The van der Waals surface area contributed by atoms with Gasteiger partial charge in [-0.15, -0.1) is 0 Å². The number of carbonyl (C=O) groups excluding carboxylic acids is 2. The summed E-state index contributed by atoms with van der Waals surface area (Å²) in [7, 11) is 0. The summed E-state index contributed by atoms with van der Waals surface area (Å²) in [6.45, 7) is 6.83. The molecule has 200 valence electrons. The van der Waals surface area contributed by atoms with Gasteiger partial charge in [0, 0.05) is 24.7 Å². The van der Waals surface area contributed by atoms with Crippen LogP contribution in [0.15, 0.2) is 30.3 Å². The molecule has 1 aromatic carbocycles. The Balaban J connectivity index is 1.66. The maximum atomic E-state index is 12.7. The molecule has 2 fully saturated rings. The Hall–Kier alpha value is -2.29. The van der Waals surface area contributed by atoms with E-state index in [1.165, 1.54) is 0 Å². The minimum Gasteiger partial charge on any atom is -0.481 e. The summed E-state index contributed by atoms with van der Waals surface area (Å²) >= 11 is 0. The van der Waals surface area contributed by atoms with E-state index in [4.69, 9.17) is 19.3 Å². The lowest BCUT2D eigenvalue weighted by molar-refractivity contribution is -0.158. The number of rotatable bonds is 15. The summed E-state index contributed by atoms with van der Waals surface area (Å²) in [5, 5.41) is 18.7. The van der Waals surface area contributed by atoms with Crippen LogP contribution in [-0.4, -0.2) is 59.0 Å². The monoisotopic (exact) mass is 504 g/mol. The van der Waals surface area contributed by atoms with Crippen LogP contribution in [-0.2, 0) is 35.2 Å². The number of esters is 1. The molecule has 8 nitrogen and oxygen atoms in total.